The number of anilines is 2. The molecule has 3 aliphatic heterocycles. The van der Waals surface area contributed by atoms with Crippen LogP contribution in [0.3, 0.4) is 0 Å². The van der Waals surface area contributed by atoms with Gasteiger partial charge in [-0.25, -0.2) is 8.42 Å². The van der Waals surface area contributed by atoms with E-state index in [9.17, 15) is 18.0 Å². The largest absolute Gasteiger partial charge is 0.486 e. The molecule has 0 spiro atoms. The van der Waals surface area contributed by atoms with Crippen LogP contribution in [0.1, 0.15) is 48.2 Å². The summed E-state index contributed by atoms with van der Waals surface area (Å²) < 4.78 is 43.1. The number of fused-ring (bicyclic) bond motifs is 5. The summed E-state index contributed by atoms with van der Waals surface area (Å²) in [4.78, 5) is 27.6. The third-order valence-corrected chi connectivity index (χ3v) is 9.33. The van der Waals surface area contributed by atoms with Crippen LogP contribution in [-0.4, -0.2) is 51.7 Å². The molecule has 1 aromatic heterocycles. The molecule has 1 amide bonds. The molecule has 2 bridgehead atoms. The number of carbonyl (C=O) groups excluding carboxylic acids is 1. The van der Waals surface area contributed by atoms with Crippen LogP contribution in [0.15, 0.2) is 64.3 Å². The van der Waals surface area contributed by atoms with Crippen LogP contribution >= 0.6 is 0 Å². The monoisotopic (exact) mass is 578 g/mol. The van der Waals surface area contributed by atoms with Crippen molar-refractivity contribution in [2.75, 3.05) is 42.5 Å². The minimum absolute atomic E-state index is 0.0111. The lowest BCUT2D eigenvalue weighted by atomic mass is 9.83. The summed E-state index contributed by atoms with van der Waals surface area (Å²) in [6.45, 7) is 5.26. The molecular weight excluding hydrogens is 544 g/mol. The second-order valence-electron chi connectivity index (χ2n) is 10.9. The van der Waals surface area contributed by atoms with Crippen molar-refractivity contribution in [1.29, 1.82) is 0 Å². The Kier molecular flexibility index (Phi) is 7.37. The number of ether oxygens (including phenoxy) is 2. The van der Waals surface area contributed by atoms with E-state index in [1.165, 1.54) is 12.1 Å². The predicted molar refractivity (Wildman–Crippen MR) is 156 cm³/mol. The summed E-state index contributed by atoms with van der Waals surface area (Å²) in [5.41, 5.74) is 2.41. The molecular formula is C30H34N4O6S. The van der Waals surface area contributed by atoms with Gasteiger partial charge in [-0.1, -0.05) is 19.4 Å². The van der Waals surface area contributed by atoms with E-state index < -0.39 is 10.0 Å². The molecule has 2 atom stereocenters. The highest BCUT2D eigenvalue weighted by Crippen LogP contribution is 2.40. The standard InChI is InChI=1S/C30H34N4O6S/c1-2-3-11-31-30(36)21-7-9-26(33-17-20-14-22(19-33)25-5-4-6-29(35)34(25)18-20)24(15-21)32-41(37,38)23-8-10-27-28(16-23)40-13-12-39-27/h4-10,15-16,20,22,32H,2-3,11-14,17-19H2,1H3,(H,31,36)/t20-,22+/m1/s1. The number of pyridine rings is 1. The van der Waals surface area contributed by atoms with Crippen molar-refractivity contribution in [2.24, 2.45) is 5.92 Å². The van der Waals surface area contributed by atoms with Gasteiger partial charge in [-0.05, 0) is 55.2 Å². The number of unbranched alkanes of at least 4 members (excludes halogenated alkanes) is 1. The van der Waals surface area contributed by atoms with Gasteiger partial charge in [0.05, 0.1) is 16.3 Å². The number of rotatable bonds is 8. The lowest BCUT2D eigenvalue weighted by molar-refractivity contribution is 0.0953. The van der Waals surface area contributed by atoms with E-state index in [-0.39, 0.29) is 28.2 Å². The van der Waals surface area contributed by atoms with Gasteiger partial charge >= 0.3 is 0 Å². The number of sulfonamides is 1. The summed E-state index contributed by atoms with van der Waals surface area (Å²) in [5.74, 6) is 0.993. The average Bonchev–Trinajstić information content (AvgIpc) is 2.97. The zero-order valence-electron chi connectivity index (χ0n) is 23.0. The van der Waals surface area contributed by atoms with E-state index in [1.807, 2.05) is 16.7 Å². The van der Waals surface area contributed by atoms with Crippen LogP contribution in [0.5, 0.6) is 11.5 Å². The van der Waals surface area contributed by atoms with Gasteiger partial charge in [0.1, 0.15) is 13.2 Å². The van der Waals surface area contributed by atoms with Crippen LogP contribution in [0, 0.1) is 5.92 Å². The maximum atomic E-state index is 13.6. The molecule has 0 aliphatic carbocycles. The molecule has 0 saturated carbocycles. The van der Waals surface area contributed by atoms with Gasteiger partial charge in [0.15, 0.2) is 11.5 Å². The summed E-state index contributed by atoms with van der Waals surface area (Å²) in [6, 6.07) is 15.1. The molecule has 11 heteroatoms. The van der Waals surface area contributed by atoms with E-state index >= 15 is 0 Å². The first kappa shape index (κ1) is 27.2. The van der Waals surface area contributed by atoms with E-state index in [0.29, 0.717) is 67.8 Å². The van der Waals surface area contributed by atoms with E-state index in [1.54, 1.807) is 30.3 Å². The second-order valence-corrected chi connectivity index (χ2v) is 12.5. The number of aromatic nitrogens is 1. The lowest BCUT2D eigenvalue weighted by Gasteiger charge is -2.44. The molecule has 6 rings (SSSR count). The average molecular weight is 579 g/mol. The highest BCUT2D eigenvalue weighted by molar-refractivity contribution is 7.92. The Labute approximate surface area is 239 Å². The Morgan fingerprint density at radius 1 is 1.00 bits per heavy atom. The molecule has 3 aromatic rings. The number of piperidine rings is 1. The minimum Gasteiger partial charge on any atom is -0.486 e. The van der Waals surface area contributed by atoms with Gasteiger partial charge in [-0.15, -0.1) is 0 Å². The fourth-order valence-corrected chi connectivity index (χ4v) is 7.08. The second kappa shape index (κ2) is 11.1. The molecule has 10 nitrogen and oxygen atoms in total. The van der Waals surface area contributed by atoms with Gasteiger partial charge < -0.3 is 24.3 Å². The van der Waals surface area contributed by atoms with Crippen LogP contribution in [0.25, 0.3) is 0 Å². The topological polar surface area (TPSA) is 119 Å². The smallest absolute Gasteiger partial charge is 0.262 e. The van der Waals surface area contributed by atoms with Gasteiger partial charge in [0.2, 0.25) is 0 Å². The fourth-order valence-electron chi connectivity index (χ4n) is 6.00. The van der Waals surface area contributed by atoms with Gasteiger partial charge in [0.25, 0.3) is 21.5 Å². The number of nitrogens with one attached hydrogen (secondary N) is 2. The van der Waals surface area contributed by atoms with E-state index in [4.69, 9.17) is 9.47 Å². The molecule has 1 saturated heterocycles. The summed E-state index contributed by atoms with van der Waals surface area (Å²) in [7, 11) is -4.03. The van der Waals surface area contributed by atoms with Crippen LogP contribution in [-0.2, 0) is 16.6 Å². The Hall–Kier alpha value is -3.99. The summed E-state index contributed by atoms with van der Waals surface area (Å²) >= 11 is 0. The number of hydrogen-bond donors (Lipinski definition) is 2. The van der Waals surface area contributed by atoms with Gasteiger partial charge in [-0.3, -0.25) is 14.3 Å². The number of amides is 1. The third kappa shape index (κ3) is 5.50. The molecule has 1 fully saturated rings. The predicted octanol–water partition coefficient (Wildman–Crippen LogP) is 3.57. The van der Waals surface area contributed by atoms with Crippen molar-refractivity contribution in [3.63, 3.8) is 0 Å². The molecule has 0 radical (unpaired) electrons. The minimum atomic E-state index is -4.03. The van der Waals surface area contributed by atoms with Crippen molar-refractivity contribution in [1.82, 2.24) is 9.88 Å². The van der Waals surface area contributed by atoms with E-state index in [2.05, 4.69) is 21.9 Å². The Balaban J connectivity index is 1.34. The van der Waals surface area contributed by atoms with Gasteiger partial charge in [0, 0.05) is 55.5 Å². The molecule has 2 aromatic carbocycles. The SMILES string of the molecule is CCCCNC(=O)c1ccc(N2C[C@H]3C[C@@H](C2)c2cccc(=O)n2C3)c(NS(=O)(=O)c2ccc3c(c2)OCCO3)c1. The Morgan fingerprint density at radius 3 is 2.66 bits per heavy atom. The first-order valence-electron chi connectivity index (χ1n) is 14.1. The van der Waals surface area contributed by atoms with Crippen molar-refractivity contribution < 1.29 is 22.7 Å². The number of benzene rings is 2. The van der Waals surface area contributed by atoms with Crippen molar-refractivity contribution >= 4 is 27.3 Å². The highest BCUT2D eigenvalue weighted by atomic mass is 32.2. The zero-order chi connectivity index (χ0) is 28.6. The normalized spacial score (nSPS) is 19.3. The van der Waals surface area contributed by atoms with Gasteiger partial charge in [-0.2, -0.15) is 0 Å². The number of nitrogens with zero attached hydrogens (tertiary/aromatic N) is 2. The van der Waals surface area contributed by atoms with Crippen LogP contribution < -0.4 is 30.0 Å². The fraction of sp³-hybridized carbons (Fsp3) is 0.400. The maximum absolute atomic E-state index is 13.6. The lowest BCUT2D eigenvalue weighted by Crippen LogP contribution is -2.47. The summed E-state index contributed by atoms with van der Waals surface area (Å²) in [6.07, 6.45) is 2.77. The Bertz CT molecular complexity index is 1640. The molecule has 2 N–H and O–H groups in total. The Morgan fingerprint density at radius 2 is 1.83 bits per heavy atom. The zero-order valence-corrected chi connectivity index (χ0v) is 23.8. The van der Waals surface area contributed by atoms with Crippen LogP contribution in [0.4, 0.5) is 11.4 Å². The molecule has 41 heavy (non-hydrogen) atoms. The number of carbonyl (C=O) groups is 1. The molecule has 216 valence electrons. The van der Waals surface area contributed by atoms with Crippen LogP contribution in [0.2, 0.25) is 0 Å². The number of hydrogen-bond acceptors (Lipinski definition) is 7. The maximum Gasteiger partial charge on any atom is 0.262 e. The quantitative estimate of drug-likeness (QED) is 0.392. The van der Waals surface area contributed by atoms with Crippen molar-refractivity contribution in [3.05, 3.63) is 76.2 Å². The van der Waals surface area contributed by atoms with E-state index in [0.717, 1.165) is 25.0 Å². The van der Waals surface area contributed by atoms with Crippen molar-refractivity contribution in [3.8, 4) is 11.5 Å². The highest BCUT2D eigenvalue weighted by Gasteiger charge is 2.35. The van der Waals surface area contributed by atoms with Crippen molar-refractivity contribution in [2.45, 2.75) is 43.5 Å². The summed E-state index contributed by atoms with van der Waals surface area (Å²) in [5, 5.41) is 2.91. The molecule has 4 heterocycles. The molecule has 0 unspecified atom stereocenters. The third-order valence-electron chi connectivity index (χ3n) is 7.96. The molecule has 3 aliphatic rings. The first-order chi connectivity index (χ1) is 19.8. The first-order valence-corrected chi connectivity index (χ1v) is 15.6.